The van der Waals surface area contributed by atoms with Crippen LogP contribution in [-0.4, -0.2) is 43.8 Å². The van der Waals surface area contributed by atoms with Crippen molar-refractivity contribution < 1.29 is 4.74 Å². The van der Waals surface area contributed by atoms with E-state index in [2.05, 4.69) is 22.5 Å². The fraction of sp³-hybridized carbons (Fsp3) is 0.765. The minimum absolute atomic E-state index is 0. The van der Waals surface area contributed by atoms with Gasteiger partial charge in [-0.05, 0) is 46.0 Å². The molecule has 2 N–H and O–H groups in total. The molecular formula is C17H31IN4OS. The number of aryl methyl sites for hydroxylation is 3. The molecule has 0 saturated heterocycles. The molecule has 1 aliphatic rings. The molecule has 0 bridgehead atoms. The van der Waals surface area contributed by atoms with Crippen molar-refractivity contribution in [1.82, 2.24) is 15.6 Å². The summed E-state index contributed by atoms with van der Waals surface area (Å²) >= 11 is 1.92. The van der Waals surface area contributed by atoms with Gasteiger partial charge in [-0.2, -0.15) is 0 Å². The number of nitrogens with one attached hydrogen (secondary N) is 2. The van der Waals surface area contributed by atoms with Gasteiger partial charge in [0.1, 0.15) is 0 Å². The minimum Gasteiger partial charge on any atom is -0.380 e. The maximum Gasteiger partial charge on any atom is 0.191 e. The number of nitrogens with zero attached hydrogens (tertiary/aromatic N) is 2. The second kappa shape index (κ2) is 12.9. The third-order valence-electron chi connectivity index (χ3n) is 3.80. The van der Waals surface area contributed by atoms with E-state index in [0.29, 0.717) is 6.61 Å². The first-order valence-electron chi connectivity index (χ1n) is 8.90. The van der Waals surface area contributed by atoms with Gasteiger partial charge in [0, 0.05) is 37.5 Å². The molecule has 7 heteroatoms. The number of hydrogen-bond acceptors (Lipinski definition) is 4. The van der Waals surface area contributed by atoms with Crippen LogP contribution >= 0.6 is 35.3 Å². The molecule has 5 nitrogen and oxygen atoms in total. The minimum atomic E-state index is 0. The van der Waals surface area contributed by atoms with E-state index in [0.717, 1.165) is 45.0 Å². The molecular weight excluding hydrogens is 435 g/mol. The number of ether oxygens (including phenoxy) is 1. The molecule has 0 unspecified atom stereocenters. The van der Waals surface area contributed by atoms with Crippen LogP contribution in [0.1, 0.15) is 48.7 Å². The number of fused-ring (bicyclic) bond motifs is 1. The van der Waals surface area contributed by atoms with Crippen LogP contribution in [0, 0.1) is 0 Å². The second-order valence-corrected chi connectivity index (χ2v) is 6.84. The molecule has 0 atom stereocenters. The van der Waals surface area contributed by atoms with E-state index in [4.69, 9.17) is 9.72 Å². The second-order valence-electron chi connectivity index (χ2n) is 5.67. The molecule has 1 heterocycles. The van der Waals surface area contributed by atoms with Crippen LogP contribution in [0.3, 0.4) is 0 Å². The van der Waals surface area contributed by atoms with Crippen LogP contribution in [0.5, 0.6) is 0 Å². The molecule has 1 aromatic heterocycles. The Kier molecular flexibility index (Phi) is 11.6. The summed E-state index contributed by atoms with van der Waals surface area (Å²) in [5.41, 5.74) is 1.37. The van der Waals surface area contributed by atoms with E-state index in [1.807, 2.05) is 18.3 Å². The number of aromatic nitrogens is 1. The number of aliphatic imine (C=N–C) groups is 1. The largest absolute Gasteiger partial charge is 0.380 e. The molecule has 0 fully saturated rings. The summed E-state index contributed by atoms with van der Waals surface area (Å²) in [4.78, 5) is 10.9. The molecule has 0 spiro atoms. The van der Waals surface area contributed by atoms with E-state index in [1.165, 1.54) is 41.3 Å². The Morgan fingerprint density at radius 1 is 1.25 bits per heavy atom. The van der Waals surface area contributed by atoms with Crippen LogP contribution in [0.15, 0.2) is 4.99 Å². The highest BCUT2D eigenvalue weighted by molar-refractivity contribution is 14.0. The van der Waals surface area contributed by atoms with Gasteiger partial charge in [0.2, 0.25) is 0 Å². The van der Waals surface area contributed by atoms with Gasteiger partial charge >= 0.3 is 0 Å². The van der Waals surface area contributed by atoms with Crippen LogP contribution in [0.4, 0.5) is 0 Å². The Balaban J connectivity index is 0.00000288. The van der Waals surface area contributed by atoms with Gasteiger partial charge in [0.05, 0.1) is 17.3 Å². The highest BCUT2D eigenvalue weighted by atomic mass is 127. The van der Waals surface area contributed by atoms with Crippen molar-refractivity contribution in [3.8, 4) is 0 Å². The van der Waals surface area contributed by atoms with Crippen molar-refractivity contribution in [3.05, 3.63) is 15.6 Å². The van der Waals surface area contributed by atoms with Gasteiger partial charge in [-0.25, -0.2) is 4.98 Å². The zero-order chi connectivity index (χ0) is 16.3. The Morgan fingerprint density at radius 2 is 2.08 bits per heavy atom. The van der Waals surface area contributed by atoms with Crippen molar-refractivity contribution in [2.24, 2.45) is 4.99 Å². The smallest absolute Gasteiger partial charge is 0.191 e. The highest BCUT2D eigenvalue weighted by Crippen LogP contribution is 2.27. The number of rotatable bonds is 9. The maximum absolute atomic E-state index is 5.33. The predicted molar refractivity (Wildman–Crippen MR) is 113 cm³/mol. The fourth-order valence-electron chi connectivity index (χ4n) is 2.66. The number of guanidine groups is 1. The lowest BCUT2D eigenvalue weighted by Gasteiger charge is -2.10. The number of halogens is 1. The van der Waals surface area contributed by atoms with Crippen molar-refractivity contribution >= 4 is 41.3 Å². The van der Waals surface area contributed by atoms with Gasteiger partial charge in [0.15, 0.2) is 5.96 Å². The number of hydrogen-bond donors (Lipinski definition) is 2. The van der Waals surface area contributed by atoms with Crippen LogP contribution in [-0.2, 0) is 24.0 Å². The first-order chi connectivity index (χ1) is 11.3. The maximum atomic E-state index is 5.33. The van der Waals surface area contributed by atoms with Crippen LogP contribution in [0.2, 0.25) is 0 Å². The van der Waals surface area contributed by atoms with Gasteiger partial charge in [-0.1, -0.05) is 0 Å². The SMILES string of the molecule is CCNC(=NCCCc1nc2c(s1)CCCC2)NCCOCC.I. The summed E-state index contributed by atoms with van der Waals surface area (Å²) in [6, 6.07) is 0. The molecule has 1 aromatic rings. The molecule has 2 rings (SSSR count). The average molecular weight is 466 g/mol. The zero-order valence-corrected chi connectivity index (χ0v) is 18.0. The topological polar surface area (TPSA) is 58.5 Å². The first-order valence-corrected chi connectivity index (χ1v) is 9.72. The normalized spacial score (nSPS) is 14.0. The lowest BCUT2D eigenvalue weighted by molar-refractivity contribution is 0.152. The Hall–Kier alpha value is -0.410. The molecule has 24 heavy (non-hydrogen) atoms. The summed E-state index contributed by atoms with van der Waals surface area (Å²) in [5, 5.41) is 7.86. The number of thiazole rings is 1. The lowest BCUT2D eigenvalue weighted by Crippen LogP contribution is -2.39. The van der Waals surface area contributed by atoms with Crippen molar-refractivity contribution in [3.63, 3.8) is 0 Å². The summed E-state index contributed by atoms with van der Waals surface area (Å²) in [5.74, 6) is 0.880. The molecule has 0 radical (unpaired) electrons. The van der Waals surface area contributed by atoms with E-state index in [9.17, 15) is 0 Å². The van der Waals surface area contributed by atoms with Gasteiger partial charge in [-0.15, -0.1) is 35.3 Å². The summed E-state index contributed by atoms with van der Waals surface area (Å²) in [6.45, 7) is 8.06. The molecule has 0 aliphatic heterocycles. The average Bonchev–Trinajstić information content (AvgIpc) is 2.98. The Morgan fingerprint density at radius 3 is 2.83 bits per heavy atom. The highest BCUT2D eigenvalue weighted by Gasteiger charge is 2.14. The van der Waals surface area contributed by atoms with Crippen molar-refractivity contribution in [2.45, 2.75) is 52.4 Å². The van der Waals surface area contributed by atoms with E-state index < -0.39 is 0 Å². The summed E-state index contributed by atoms with van der Waals surface area (Å²) < 4.78 is 5.33. The standard InChI is InChI=1S/C17H30N4OS.HI/c1-3-18-17(20-12-13-22-4-2)19-11-7-10-16-21-14-8-5-6-9-15(14)23-16;/h3-13H2,1-2H3,(H2,18,19,20);1H. The van der Waals surface area contributed by atoms with Crippen molar-refractivity contribution in [2.75, 3.05) is 32.8 Å². The third-order valence-corrected chi connectivity index (χ3v) is 5.01. The van der Waals surface area contributed by atoms with Gasteiger partial charge in [-0.3, -0.25) is 4.99 Å². The first kappa shape index (κ1) is 21.6. The van der Waals surface area contributed by atoms with Gasteiger partial charge < -0.3 is 15.4 Å². The summed E-state index contributed by atoms with van der Waals surface area (Å²) in [7, 11) is 0. The Labute approximate surface area is 167 Å². The van der Waals surface area contributed by atoms with Crippen LogP contribution in [0.25, 0.3) is 0 Å². The van der Waals surface area contributed by atoms with Crippen molar-refractivity contribution in [1.29, 1.82) is 0 Å². The monoisotopic (exact) mass is 466 g/mol. The van der Waals surface area contributed by atoms with Gasteiger partial charge in [0.25, 0.3) is 0 Å². The summed E-state index contributed by atoms with van der Waals surface area (Å²) in [6.07, 6.45) is 7.14. The zero-order valence-electron chi connectivity index (χ0n) is 14.9. The van der Waals surface area contributed by atoms with E-state index >= 15 is 0 Å². The predicted octanol–water partition coefficient (Wildman–Crippen LogP) is 3.16. The third kappa shape index (κ3) is 7.65. The Bertz CT molecular complexity index is 469. The molecule has 138 valence electrons. The molecule has 0 amide bonds. The lowest BCUT2D eigenvalue weighted by atomic mass is 10.0. The van der Waals surface area contributed by atoms with Crippen LogP contribution < -0.4 is 10.6 Å². The fourth-order valence-corrected chi connectivity index (χ4v) is 3.86. The molecule has 0 aromatic carbocycles. The van der Waals surface area contributed by atoms with E-state index in [1.54, 1.807) is 0 Å². The molecule has 0 saturated carbocycles. The quantitative estimate of drug-likeness (QED) is 0.254. The molecule has 1 aliphatic carbocycles. The van der Waals surface area contributed by atoms with E-state index in [-0.39, 0.29) is 24.0 Å².